The van der Waals surface area contributed by atoms with Crippen LogP contribution in [0.5, 0.6) is 0 Å². The van der Waals surface area contributed by atoms with E-state index >= 15 is 0 Å². The minimum Gasteiger partial charge on any atom is -0.371 e. The second-order valence-electron chi connectivity index (χ2n) is 6.91. The second kappa shape index (κ2) is 7.73. The number of nitrogens with one attached hydrogen (secondary N) is 2. The van der Waals surface area contributed by atoms with Crippen molar-refractivity contribution in [3.63, 3.8) is 0 Å². The lowest BCUT2D eigenvalue weighted by atomic mass is 10.1. The van der Waals surface area contributed by atoms with Crippen molar-refractivity contribution in [3.8, 4) is 10.6 Å². The van der Waals surface area contributed by atoms with Gasteiger partial charge in [-0.25, -0.2) is 19.9 Å². The Hall–Kier alpha value is -3.92. The van der Waals surface area contributed by atoms with Crippen LogP contribution in [0.3, 0.4) is 0 Å². The minimum atomic E-state index is -0.255. The van der Waals surface area contributed by atoms with Crippen molar-refractivity contribution in [2.45, 2.75) is 6.54 Å². The molecule has 4 aromatic heterocycles. The molecule has 31 heavy (non-hydrogen) atoms. The fourth-order valence-corrected chi connectivity index (χ4v) is 4.42. The standard InChI is InChI=1S/C21H18N8OS/c1-22-18-15-16(29(2)11-26-15)17-19(27-18)28-21(31-17)13-5-3-12(4-6-13)9-25-20(30)14-10-23-7-8-24-14/h3-8,10-11H,9H2,1-2H3,(H,22,27)(H,25,30). The molecule has 0 unspecified atom stereocenters. The Bertz CT molecular complexity index is 1390. The molecule has 10 heteroatoms. The summed E-state index contributed by atoms with van der Waals surface area (Å²) in [4.78, 5) is 33.9. The van der Waals surface area contributed by atoms with Gasteiger partial charge in [-0.3, -0.25) is 9.78 Å². The third-order valence-corrected chi connectivity index (χ3v) is 5.99. The molecule has 154 valence electrons. The molecule has 1 aromatic carbocycles. The van der Waals surface area contributed by atoms with Gasteiger partial charge >= 0.3 is 0 Å². The maximum absolute atomic E-state index is 12.1. The molecule has 0 fully saturated rings. The molecule has 0 saturated heterocycles. The van der Waals surface area contributed by atoms with Crippen molar-refractivity contribution < 1.29 is 4.79 Å². The number of carbonyl (C=O) groups excluding carboxylic acids is 1. The number of amides is 1. The first-order chi connectivity index (χ1) is 15.1. The molecule has 0 bridgehead atoms. The number of anilines is 1. The van der Waals surface area contributed by atoms with E-state index in [4.69, 9.17) is 4.98 Å². The largest absolute Gasteiger partial charge is 0.371 e. The number of hydrogen-bond acceptors (Lipinski definition) is 8. The highest BCUT2D eigenvalue weighted by Gasteiger charge is 2.17. The van der Waals surface area contributed by atoms with Crippen LogP contribution in [0, 0.1) is 0 Å². The summed E-state index contributed by atoms with van der Waals surface area (Å²) in [5.41, 5.74) is 4.81. The van der Waals surface area contributed by atoms with E-state index < -0.39 is 0 Å². The molecule has 0 aliphatic heterocycles. The van der Waals surface area contributed by atoms with Crippen LogP contribution in [-0.4, -0.2) is 42.4 Å². The number of rotatable bonds is 5. The van der Waals surface area contributed by atoms with Gasteiger partial charge < -0.3 is 15.2 Å². The molecular formula is C21H18N8OS. The van der Waals surface area contributed by atoms with E-state index in [1.54, 1.807) is 17.7 Å². The molecule has 0 aliphatic rings. The van der Waals surface area contributed by atoms with Crippen LogP contribution in [-0.2, 0) is 13.6 Å². The Balaban J connectivity index is 1.40. The molecule has 0 saturated carbocycles. The van der Waals surface area contributed by atoms with Gasteiger partial charge in [0.15, 0.2) is 11.5 Å². The smallest absolute Gasteiger partial charge is 0.271 e. The first kappa shape index (κ1) is 19.1. The molecule has 0 atom stereocenters. The van der Waals surface area contributed by atoms with Crippen LogP contribution in [0.15, 0.2) is 49.2 Å². The first-order valence-corrected chi connectivity index (χ1v) is 10.4. The number of fused-ring (bicyclic) bond motifs is 3. The number of carbonyl (C=O) groups is 1. The molecule has 5 rings (SSSR count). The number of hydrogen-bond donors (Lipinski definition) is 2. The Morgan fingerprint density at radius 2 is 1.97 bits per heavy atom. The molecule has 2 N–H and O–H groups in total. The highest BCUT2D eigenvalue weighted by atomic mass is 32.1. The van der Waals surface area contributed by atoms with Crippen LogP contribution < -0.4 is 10.6 Å². The number of thiazole rings is 1. The fourth-order valence-electron chi connectivity index (χ4n) is 3.32. The van der Waals surface area contributed by atoms with E-state index in [1.807, 2.05) is 42.9 Å². The zero-order chi connectivity index (χ0) is 21.4. The van der Waals surface area contributed by atoms with Gasteiger partial charge in [0.1, 0.15) is 20.9 Å². The molecule has 5 aromatic rings. The Kier molecular flexibility index (Phi) is 4.75. The number of nitrogens with zero attached hydrogens (tertiary/aromatic N) is 6. The zero-order valence-electron chi connectivity index (χ0n) is 16.8. The van der Waals surface area contributed by atoms with Crippen molar-refractivity contribution in [3.05, 3.63) is 60.4 Å². The summed E-state index contributed by atoms with van der Waals surface area (Å²) in [6.45, 7) is 0.401. The molecule has 1 amide bonds. The first-order valence-electron chi connectivity index (χ1n) is 9.57. The summed E-state index contributed by atoms with van der Waals surface area (Å²) in [6, 6.07) is 7.96. The summed E-state index contributed by atoms with van der Waals surface area (Å²) in [6.07, 6.45) is 6.26. The molecule has 9 nitrogen and oxygen atoms in total. The van der Waals surface area contributed by atoms with Gasteiger partial charge in [0, 0.05) is 38.6 Å². The molecule has 4 heterocycles. The quantitative estimate of drug-likeness (QED) is 0.441. The molecule has 0 radical (unpaired) electrons. The number of pyridine rings is 1. The minimum absolute atomic E-state index is 0.255. The summed E-state index contributed by atoms with van der Waals surface area (Å²) < 4.78 is 3.00. The van der Waals surface area contributed by atoms with E-state index in [9.17, 15) is 4.79 Å². The van der Waals surface area contributed by atoms with Gasteiger partial charge in [0.2, 0.25) is 0 Å². The summed E-state index contributed by atoms with van der Waals surface area (Å²) >= 11 is 1.59. The normalized spacial score (nSPS) is 11.2. The number of benzene rings is 1. The zero-order valence-corrected chi connectivity index (χ0v) is 17.6. The lowest BCUT2D eigenvalue weighted by molar-refractivity contribution is 0.0945. The molecule has 0 aliphatic carbocycles. The van der Waals surface area contributed by atoms with Crippen molar-refractivity contribution in [2.24, 2.45) is 7.05 Å². The highest BCUT2D eigenvalue weighted by Crippen LogP contribution is 2.35. The summed E-state index contributed by atoms with van der Waals surface area (Å²) in [7, 11) is 3.80. The van der Waals surface area contributed by atoms with Crippen LogP contribution >= 0.6 is 11.3 Å². The van der Waals surface area contributed by atoms with Crippen LogP contribution in [0.1, 0.15) is 16.1 Å². The van der Waals surface area contributed by atoms with Crippen LogP contribution in [0.2, 0.25) is 0 Å². The Morgan fingerprint density at radius 1 is 1.13 bits per heavy atom. The van der Waals surface area contributed by atoms with Gasteiger partial charge in [-0.05, 0) is 5.56 Å². The van der Waals surface area contributed by atoms with E-state index in [2.05, 4.69) is 30.6 Å². The lowest BCUT2D eigenvalue weighted by Gasteiger charge is -2.05. The highest BCUT2D eigenvalue weighted by molar-refractivity contribution is 7.22. The SMILES string of the molecule is CNc1nc2nc(-c3ccc(CNC(=O)c4cnccn4)cc3)sc2c2c1ncn2C. The van der Waals surface area contributed by atoms with Gasteiger partial charge in [0.05, 0.1) is 18.0 Å². The van der Waals surface area contributed by atoms with Crippen molar-refractivity contribution in [1.82, 2.24) is 34.8 Å². The van der Waals surface area contributed by atoms with E-state index in [0.29, 0.717) is 23.7 Å². The van der Waals surface area contributed by atoms with Gasteiger partial charge in [-0.15, -0.1) is 11.3 Å². The van der Waals surface area contributed by atoms with Crippen molar-refractivity contribution >= 4 is 44.4 Å². The third-order valence-electron chi connectivity index (χ3n) is 4.89. The summed E-state index contributed by atoms with van der Waals surface area (Å²) in [5, 5.41) is 6.84. The van der Waals surface area contributed by atoms with Crippen molar-refractivity contribution in [2.75, 3.05) is 12.4 Å². The maximum Gasteiger partial charge on any atom is 0.271 e. The van der Waals surface area contributed by atoms with Gasteiger partial charge in [0.25, 0.3) is 5.91 Å². The van der Waals surface area contributed by atoms with Crippen LogP contribution in [0.4, 0.5) is 5.82 Å². The molecule has 0 spiro atoms. The van der Waals surface area contributed by atoms with Crippen molar-refractivity contribution in [1.29, 1.82) is 0 Å². The summed E-state index contributed by atoms with van der Waals surface area (Å²) in [5.74, 6) is 0.462. The Labute approximate surface area is 181 Å². The monoisotopic (exact) mass is 430 g/mol. The van der Waals surface area contributed by atoms with Gasteiger partial charge in [-0.2, -0.15) is 0 Å². The van der Waals surface area contributed by atoms with E-state index in [0.717, 1.165) is 31.9 Å². The van der Waals surface area contributed by atoms with E-state index in [1.165, 1.54) is 18.6 Å². The topological polar surface area (TPSA) is 111 Å². The fraction of sp³-hybridized carbons (Fsp3) is 0.143. The van der Waals surface area contributed by atoms with Crippen LogP contribution in [0.25, 0.3) is 32.0 Å². The Morgan fingerprint density at radius 3 is 2.71 bits per heavy atom. The molecular weight excluding hydrogens is 412 g/mol. The number of aromatic nitrogens is 6. The van der Waals surface area contributed by atoms with Gasteiger partial charge in [-0.1, -0.05) is 24.3 Å². The average molecular weight is 430 g/mol. The number of aryl methyl sites for hydroxylation is 1. The number of imidazole rings is 1. The predicted octanol–water partition coefficient (Wildman–Crippen LogP) is 3.01. The third kappa shape index (κ3) is 3.46. The maximum atomic E-state index is 12.1. The van der Waals surface area contributed by atoms with E-state index in [-0.39, 0.29) is 5.91 Å². The lowest BCUT2D eigenvalue weighted by Crippen LogP contribution is -2.23. The second-order valence-corrected chi connectivity index (χ2v) is 7.90. The predicted molar refractivity (Wildman–Crippen MR) is 120 cm³/mol. The average Bonchev–Trinajstić information content (AvgIpc) is 3.41.